The first-order valence-electron chi connectivity index (χ1n) is 7.73. The third kappa shape index (κ3) is 3.28. The maximum atomic E-state index is 12.6. The van der Waals surface area contributed by atoms with Gasteiger partial charge in [0, 0.05) is 37.9 Å². The van der Waals surface area contributed by atoms with Crippen molar-refractivity contribution in [2.75, 3.05) is 6.54 Å². The number of carbonyl (C=O) groups is 2. The molecule has 2 aliphatic carbocycles. The summed E-state index contributed by atoms with van der Waals surface area (Å²) < 4.78 is 2.05. The van der Waals surface area contributed by atoms with Gasteiger partial charge < -0.3 is 14.4 Å². The zero-order valence-corrected chi connectivity index (χ0v) is 12.8. The summed E-state index contributed by atoms with van der Waals surface area (Å²) >= 11 is 0. The third-order valence-corrected chi connectivity index (χ3v) is 4.39. The van der Waals surface area contributed by atoms with E-state index >= 15 is 0 Å². The molecule has 1 aromatic heterocycles. The number of aromatic nitrogens is 1. The van der Waals surface area contributed by atoms with Crippen LogP contribution in [0.25, 0.3) is 0 Å². The first-order valence-corrected chi connectivity index (χ1v) is 7.73. The van der Waals surface area contributed by atoms with Gasteiger partial charge in [0.05, 0.1) is 6.54 Å². The monoisotopic (exact) mass is 289 g/mol. The van der Waals surface area contributed by atoms with Crippen LogP contribution in [0.15, 0.2) is 18.3 Å². The molecule has 5 nitrogen and oxygen atoms in total. The van der Waals surface area contributed by atoms with Crippen molar-refractivity contribution >= 4 is 11.8 Å². The standard InChI is InChI=1S/C16H23N3O2/c1-12(20)18(13-5-6-13)11-16(21)19(14-7-8-14)10-15-4-3-9-17(15)2/h3-4,9,13-14H,5-8,10-11H2,1-2H3. The van der Waals surface area contributed by atoms with Crippen LogP contribution in [-0.2, 0) is 23.2 Å². The molecule has 2 amide bonds. The lowest BCUT2D eigenvalue weighted by Gasteiger charge is -2.27. The fraction of sp³-hybridized carbons (Fsp3) is 0.625. The normalized spacial score (nSPS) is 17.6. The molecule has 0 saturated heterocycles. The number of aryl methyl sites for hydroxylation is 1. The first kappa shape index (κ1) is 14.2. The Balaban J connectivity index is 1.67. The zero-order chi connectivity index (χ0) is 15.0. The molecule has 0 radical (unpaired) electrons. The van der Waals surface area contributed by atoms with Crippen LogP contribution in [0.1, 0.15) is 38.3 Å². The minimum atomic E-state index is 0.0143. The van der Waals surface area contributed by atoms with Gasteiger partial charge in [-0.3, -0.25) is 9.59 Å². The molecule has 2 saturated carbocycles. The minimum absolute atomic E-state index is 0.0143. The van der Waals surface area contributed by atoms with E-state index in [0.717, 1.165) is 31.4 Å². The highest BCUT2D eigenvalue weighted by molar-refractivity contribution is 5.84. The average Bonchev–Trinajstić information content (AvgIpc) is 3.33. The fourth-order valence-electron chi connectivity index (χ4n) is 2.76. The van der Waals surface area contributed by atoms with Gasteiger partial charge in [-0.15, -0.1) is 0 Å². The summed E-state index contributed by atoms with van der Waals surface area (Å²) in [7, 11) is 2.00. The van der Waals surface area contributed by atoms with Crippen molar-refractivity contribution in [1.29, 1.82) is 0 Å². The lowest BCUT2D eigenvalue weighted by Crippen LogP contribution is -2.44. The van der Waals surface area contributed by atoms with Crippen LogP contribution in [-0.4, -0.2) is 44.8 Å². The number of carbonyl (C=O) groups excluding carboxylic acids is 2. The topological polar surface area (TPSA) is 45.6 Å². The summed E-state index contributed by atoms with van der Waals surface area (Å²) in [6.45, 7) is 2.44. The van der Waals surface area contributed by atoms with Crippen molar-refractivity contribution < 1.29 is 9.59 Å². The van der Waals surface area contributed by atoms with Gasteiger partial charge in [0.25, 0.3) is 0 Å². The van der Waals surface area contributed by atoms with Gasteiger partial charge in [-0.05, 0) is 37.8 Å². The second-order valence-corrected chi connectivity index (χ2v) is 6.24. The Bertz CT molecular complexity index is 543. The van der Waals surface area contributed by atoms with Gasteiger partial charge in [0.1, 0.15) is 6.54 Å². The maximum Gasteiger partial charge on any atom is 0.242 e. The Hall–Kier alpha value is -1.78. The van der Waals surface area contributed by atoms with Gasteiger partial charge in [0.2, 0.25) is 11.8 Å². The minimum Gasteiger partial charge on any atom is -0.353 e. The van der Waals surface area contributed by atoms with Crippen LogP contribution in [0.3, 0.4) is 0 Å². The summed E-state index contributed by atoms with van der Waals surface area (Å²) in [5, 5.41) is 0. The number of hydrogen-bond acceptors (Lipinski definition) is 2. The molecule has 0 aliphatic heterocycles. The molecule has 2 aliphatic rings. The van der Waals surface area contributed by atoms with Gasteiger partial charge in [-0.25, -0.2) is 0 Å². The van der Waals surface area contributed by atoms with Crippen molar-refractivity contribution in [3.05, 3.63) is 24.0 Å². The second kappa shape index (κ2) is 5.54. The molecule has 0 unspecified atom stereocenters. The van der Waals surface area contributed by atoms with E-state index in [1.807, 2.05) is 34.8 Å². The van der Waals surface area contributed by atoms with Gasteiger partial charge in [-0.1, -0.05) is 0 Å². The molecule has 114 valence electrons. The molecular formula is C16H23N3O2. The third-order valence-electron chi connectivity index (χ3n) is 4.39. The summed E-state index contributed by atoms with van der Waals surface area (Å²) in [4.78, 5) is 28.0. The number of nitrogens with zero attached hydrogens (tertiary/aromatic N) is 3. The van der Waals surface area contributed by atoms with Crippen molar-refractivity contribution in [3.63, 3.8) is 0 Å². The molecule has 0 bridgehead atoms. The summed E-state index contributed by atoms with van der Waals surface area (Å²) in [6.07, 6.45) is 6.23. The average molecular weight is 289 g/mol. The molecule has 0 aromatic carbocycles. The quantitative estimate of drug-likeness (QED) is 0.797. The van der Waals surface area contributed by atoms with Crippen molar-refractivity contribution in [2.45, 2.75) is 51.2 Å². The van der Waals surface area contributed by atoms with Crippen LogP contribution in [0.2, 0.25) is 0 Å². The van der Waals surface area contributed by atoms with E-state index < -0.39 is 0 Å². The van der Waals surface area contributed by atoms with E-state index in [9.17, 15) is 9.59 Å². The van der Waals surface area contributed by atoms with E-state index in [1.165, 1.54) is 0 Å². The number of hydrogen-bond donors (Lipinski definition) is 0. The molecule has 2 fully saturated rings. The zero-order valence-electron chi connectivity index (χ0n) is 12.8. The SMILES string of the molecule is CC(=O)N(CC(=O)N(Cc1cccn1C)C1CC1)C1CC1. The lowest BCUT2D eigenvalue weighted by molar-refractivity contribution is -0.140. The molecule has 0 N–H and O–H groups in total. The molecule has 1 heterocycles. The summed E-state index contributed by atoms with van der Waals surface area (Å²) in [6, 6.07) is 4.70. The van der Waals surface area contributed by atoms with Crippen LogP contribution in [0.5, 0.6) is 0 Å². The van der Waals surface area contributed by atoms with Gasteiger partial charge >= 0.3 is 0 Å². The highest BCUT2D eigenvalue weighted by Gasteiger charge is 2.37. The molecule has 0 spiro atoms. The van der Waals surface area contributed by atoms with Gasteiger partial charge in [-0.2, -0.15) is 0 Å². The Morgan fingerprint density at radius 3 is 2.29 bits per heavy atom. The van der Waals surface area contributed by atoms with E-state index in [0.29, 0.717) is 18.6 Å². The van der Waals surface area contributed by atoms with Gasteiger partial charge in [0.15, 0.2) is 0 Å². The molecule has 21 heavy (non-hydrogen) atoms. The fourth-order valence-corrected chi connectivity index (χ4v) is 2.76. The van der Waals surface area contributed by atoms with Crippen LogP contribution >= 0.6 is 0 Å². The van der Waals surface area contributed by atoms with E-state index in [1.54, 1.807) is 11.8 Å². The smallest absolute Gasteiger partial charge is 0.242 e. The van der Waals surface area contributed by atoms with E-state index in [4.69, 9.17) is 0 Å². The maximum absolute atomic E-state index is 12.6. The van der Waals surface area contributed by atoms with E-state index in [2.05, 4.69) is 0 Å². The number of rotatable bonds is 6. The highest BCUT2D eigenvalue weighted by atomic mass is 16.2. The van der Waals surface area contributed by atoms with Crippen LogP contribution in [0.4, 0.5) is 0 Å². The summed E-state index contributed by atoms with van der Waals surface area (Å²) in [5.74, 6) is 0.0984. The van der Waals surface area contributed by atoms with Crippen molar-refractivity contribution in [1.82, 2.24) is 14.4 Å². The molecule has 0 atom stereocenters. The predicted octanol–water partition coefficient (Wildman–Crippen LogP) is 1.53. The molecule has 1 aromatic rings. The summed E-state index contributed by atoms with van der Waals surface area (Å²) in [5.41, 5.74) is 1.14. The Morgan fingerprint density at radius 1 is 1.19 bits per heavy atom. The van der Waals surface area contributed by atoms with Crippen LogP contribution < -0.4 is 0 Å². The lowest BCUT2D eigenvalue weighted by atomic mass is 10.3. The molecular weight excluding hydrogens is 266 g/mol. The second-order valence-electron chi connectivity index (χ2n) is 6.24. The van der Waals surface area contributed by atoms with Crippen LogP contribution in [0, 0.1) is 0 Å². The molecule has 3 rings (SSSR count). The number of amides is 2. The van der Waals surface area contributed by atoms with Crippen molar-refractivity contribution in [2.24, 2.45) is 7.05 Å². The Morgan fingerprint density at radius 2 is 1.81 bits per heavy atom. The highest BCUT2D eigenvalue weighted by Crippen LogP contribution is 2.30. The van der Waals surface area contributed by atoms with Crippen molar-refractivity contribution in [3.8, 4) is 0 Å². The Labute approximate surface area is 125 Å². The Kier molecular flexibility index (Phi) is 3.74. The first-order chi connectivity index (χ1) is 10.1. The predicted molar refractivity (Wildman–Crippen MR) is 79.4 cm³/mol. The largest absolute Gasteiger partial charge is 0.353 e. The van der Waals surface area contributed by atoms with E-state index in [-0.39, 0.29) is 18.4 Å². The molecule has 5 heteroatoms.